The Kier molecular flexibility index (Phi) is 5.32. The average Bonchev–Trinajstić information content (AvgIpc) is 2.28. The third kappa shape index (κ3) is 4.18. The summed E-state index contributed by atoms with van der Waals surface area (Å²) in [5.74, 6) is -1.28. The number of carboxylic acid groups (broad SMARTS) is 1. The third-order valence-electron chi connectivity index (χ3n) is 2.55. The fraction of sp³-hybridized carbons (Fsp3) is 0.385. The maximum atomic E-state index is 11.5. The predicted molar refractivity (Wildman–Crippen MR) is 66.2 cm³/mol. The van der Waals surface area contributed by atoms with Gasteiger partial charge in [0.1, 0.15) is 6.61 Å². The Hall–Kier alpha value is -1.88. The van der Waals surface area contributed by atoms with Gasteiger partial charge in [0.05, 0.1) is 12.5 Å². The number of ether oxygens (including phenoxy) is 1. The lowest BCUT2D eigenvalue weighted by Crippen LogP contribution is -2.33. The summed E-state index contributed by atoms with van der Waals surface area (Å²) in [7, 11) is 1.42. The summed E-state index contributed by atoms with van der Waals surface area (Å²) in [4.78, 5) is 22.3. The number of carbonyl (C=O) groups excluding carboxylic acids is 1. The monoisotopic (exact) mass is 251 g/mol. The highest BCUT2D eigenvalue weighted by molar-refractivity contribution is 5.78. The first-order chi connectivity index (χ1) is 8.54. The van der Waals surface area contributed by atoms with Gasteiger partial charge in [-0.1, -0.05) is 24.3 Å². The SMILES string of the molecule is COCC(=O)NC(CC(=O)O)c1ccccc1C. The van der Waals surface area contributed by atoms with E-state index in [0.29, 0.717) is 0 Å². The van der Waals surface area contributed by atoms with Crippen molar-refractivity contribution in [3.8, 4) is 0 Å². The number of hydrogen-bond donors (Lipinski definition) is 2. The molecule has 5 nitrogen and oxygen atoms in total. The minimum Gasteiger partial charge on any atom is -0.481 e. The first-order valence-corrected chi connectivity index (χ1v) is 5.60. The fourth-order valence-corrected chi connectivity index (χ4v) is 1.76. The van der Waals surface area contributed by atoms with Crippen LogP contribution in [0.1, 0.15) is 23.6 Å². The van der Waals surface area contributed by atoms with Crippen LogP contribution >= 0.6 is 0 Å². The number of hydrogen-bond acceptors (Lipinski definition) is 3. The molecule has 1 unspecified atom stereocenters. The first-order valence-electron chi connectivity index (χ1n) is 5.60. The number of benzene rings is 1. The van der Waals surface area contributed by atoms with Crippen LogP contribution < -0.4 is 5.32 Å². The number of nitrogens with one attached hydrogen (secondary N) is 1. The molecule has 5 heteroatoms. The van der Waals surface area contributed by atoms with Gasteiger partial charge in [0.2, 0.25) is 5.91 Å². The highest BCUT2D eigenvalue weighted by Gasteiger charge is 2.19. The van der Waals surface area contributed by atoms with E-state index in [9.17, 15) is 9.59 Å². The molecule has 2 N–H and O–H groups in total. The van der Waals surface area contributed by atoms with Crippen molar-refractivity contribution in [1.82, 2.24) is 5.32 Å². The van der Waals surface area contributed by atoms with Gasteiger partial charge in [-0.15, -0.1) is 0 Å². The van der Waals surface area contributed by atoms with Gasteiger partial charge in [-0.3, -0.25) is 9.59 Å². The summed E-state index contributed by atoms with van der Waals surface area (Å²) in [6.45, 7) is 1.80. The van der Waals surface area contributed by atoms with Crippen LogP contribution in [0, 0.1) is 6.92 Å². The number of rotatable bonds is 6. The lowest BCUT2D eigenvalue weighted by atomic mass is 9.99. The van der Waals surface area contributed by atoms with Crippen LogP contribution in [0.5, 0.6) is 0 Å². The number of methoxy groups -OCH3 is 1. The standard InChI is InChI=1S/C13H17NO4/c1-9-5-3-4-6-10(9)11(7-13(16)17)14-12(15)8-18-2/h3-6,11H,7-8H2,1-2H3,(H,14,15)(H,16,17). The molecule has 0 saturated heterocycles. The molecule has 1 aromatic carbocycles. The summed E-state index contributed by atoms with van der Waals surface area (Å²) < 4.78 is 4.72. The van der Waals surface area contributed by atoms with E-state index >= 15 is 0 Å². The minimum absolute atomic E-state index is 0.0813. The first kappa shape index (κ1) is 14.2. The molecule has 0 spiro atoms. The molecule has 98 valence electrons. The molecule has 0 aromatic heterocycles. The molecule has 18 heavy (non-hydrogen) atoms. The number of amides is 1. The molecule has 1 rings (SSSR count). The second kappa shape index (κ2) is 6.76. The van der Waals surface area contributed by atoms with Gasteiger partial charge in [-0.25, -0.2) is 0 Å². The van der Waals surface area contributed by atoms with Gasteiger partial charge in [0.15, 0.2) is 0 Å². The summed E-state index contributed by atoms with van der Waals surface area (Å²) >= 11 is 0. The molecule has 0 aliphatic rings. The van der Waals surface area contributed by atoms with Crippen LogP contribution in [-0.4, -0.2) is 30.7 Å². The lowest BCUT2D eigenvalue weighted by molar-refractivity contribution is -0.137. The van der Waals surface area contributed by atoms with E-state index in [1.165, 1.54) is 7.11 Å². The van der Waals surface area contributed by atoms with E-state index < -0.39 is 12.0 Å². The van der Waals surface area contributed by atoms with Crippen molar-refractivity contribution in [2.75, 3.05) is 13.7 Å². The topological polar surface area (TPSA) is 75.6 Å². The summed E-state index contributed by atoms with van der Waals surface area (Å²) in [5, 5.41) is 11.6. The second-order valence-electron chi connectivity index (χ2n) is 4.01. The zero-order chi connectivity index (χ0) is 13.5. The molecule has 1 atom stereocenters. The van der Waals surface area contributed by atoms with Gasteiger partial charge in [-0.05, 0) is 18.1 Å². The Morgan fingerprint density at radius 3 is 2.61 bits per heavy atom. The maximum Gasteiger partial charge on any atom is 0.305 e. The summed E-state index contributed by atoms with van der Waals surface area (Å²) in [6, 6.07) is 6.85. The number of carboxylic acids is 1. The van der Waals surface area contributed by atoms with Crippen molar-refractivity contribution in [3.63, 3.8) is 0 Å². The van der Waals surface area contributed by atoms with E-state index in [4.69, 9.17) is 9.84 Å². The molecule has 0 aliphatic heterocycles. The fourth-order valence-electron chi connectivity index (χ4n) is 1.76. The smallest absolute Gasteiger partial charge is 0.305 e. The molecule has 0 aliphatic carbocycles. The Balaban J connectivity index is 2.88. The summed E-state index contributed by atoms with van der Waals surface area (Å²) in [5.41, 5.74) is 1.76. The number of aryl methyl sites for hydroxylation is 1. The molecule has 0 heterocycles. The van der Waals surface area contributed by atoms with Crippen LogP contribution in [0.3, 0.4) is 0 Å². The molecule has 0 radical (unpaired) electrons. The van der Waals surface area contributed by atoms with E-state index in [2.05, 4.69) is 5.32 Å². The highest BCUT2D eigenvalue weighted by Crippen LogP contribution is 2.20. The Labute approximate surface area is 106 Å². The number of carbonyl (C=O) groups is 2. The Bertz CT molecular complexity index is 431. The van der Waals surface area contributed by atoms with Crippen molar-refractivity contribution in [1.29, 1.82) is 0 Å². The van der Waals surface area contributed by atoms with Crippen LogP contribution in [0.4, 0.5) is 0 Å². The largest absolute Gasteiger partial charge is 0.481 e. The maximum absolute atomic E-state index is 11.5. The van der Waals surface area contributed by atoms with Crippen LogP contribution in [0.2, 0.25) is 0 Å². The van der Waals surface area contributed by atoms with E-state index in [1.807, 2.05) is 31.2 Å². The average molecular weight is 251 g/mol. The van der Waals surface area contributed by atoms with E-state index in [-0.39, 0.29) is 18.9 Å². The second-order valence-corrected chi connectivity index (χ2v) is 4.01. The van der Waals surface area contributed by atoms with Crippen molar-refractivity contribution in [2.45, 2.75) is 19.4 Å². The predicted octanol–water partition coefficient (Wildman–Crippen LogP) is 1.27. The Morgan fingerprint density at radius 1 is 1.39 bits per heavy atom. The van der Waals surface area contributed by atoms with Crippen molar-refractivity contribution < 1.29 is 19.4 Å². The number of aliphatic carboxylic acids is 1. The van der Waals surface area contributed by atoms with Gasteiger partial charge in [0, 0.05) is 7.11 Å². The summed E-state index contributed by atoms with van der Waals surface area (Å²) in [6.07, 6.45) is -0.152. The van der Waals surface area contributed by atoms with Crippen LogP contribution in [0.15, 0.2) is 24.3 Å². The molecule has 1 aromatic rings. The molecule has 0 bridgehead atoms. The lowest BCUT2D eigenvalue weighted by Gasteiger charge is -2.19. The zero-order valence-electron chi connectivity index (χ0n) is 10.5. The molecule has 0 saturated carbocycles. The van der Waals surface area contributed by atoms with Gasteiger partial charge < -0.3 is 15.2 Å². The minimum atomic E-state index is -0.957. The molecular weight excluding hydrogens is 234 g/mol. The highest BCUT2D eigenvalue weighted by atomic mass is 16.5. The van der Waals surface area contributed by atoms with E-state index in [0.717, 1.165) is 11.1 Å². The molecular formula is C13H17NO4. The van der Waals surface area contributed by atoms with Gasteiger partial charge in [-0.2, -0.15) is 0 Å². The van der Waals surface area contributed by atoms with Crippen molar-refractivity contribution in [2.24, 2.45) is 0 Å². The van der Waals surface area contributed by atoms with Crippen molar-refractivity contribution >= 4 is 11.9 Å². The van der Waals surface area contributed by atoms with Crippen LogP contribution in [-0.2, 0) is 14.3 Å². The zero-order valence-corrected chi connectivity index (χ0v) is 10.5. The normalized spacial score (nSPS) is 11.9. The third-order valence-corrected chi connectivity index (χ3v) is 2.55. The Morgan fingerprint density at radius 2 is 2.06 bits per heavy atom. The molecule has 0 fully saturated rings. The van der Waals surface area contributed by atoms with Gasteiger partial charge >= 0.3 is 5.97 Å². The van der Waals surface area contributed by atoms with Crippen LogP contribution in [0.25, 0.3) is 0 Å². The quantitative estimate of drug-likeness (QED) is 0.798. The molecule has 1 amide bonds. The van der Waals surface area contributed by atoms with Crippen molar-refractivity contribution in [3.05, 3.63) is 35.4 Å². The van der Waals surface area contributed by atoms with E-state index in [1.54, 1.807) is 0 Å². The van der Waals surface area contributed by atoms with Gasteiger partial charge in [0.25, 0.3) is 0 Å².